The second-order valence-electron chi connectivity index (χ2n) is 6.02. The summed E-state index contributed by atoms with van der Waals surface area (Å²) in [5.74, 6) is -0.821. The van der Waals surface area contributed by atoms with Crippen molar-refractivity contribution in [2.45, 2.75) is 18.4 Å². The van der Waals surface area contributed by atoms with Gasteiger partial charge < -0.3 is 20.7 Å². The molecule has 1 aliphatic heterocycles. The smallest absolute Gasteiger partial charge is 0.406 e. The van der Waals surface area contributed by atoms with Crippen LogP contribution in [0, 0.1) is 0 Å². The predicted molar refractivity (Wildman–Crippen MR) is 94.9 cm³/mol. The van der Waals surface area contributed by atoms with Gasteiger partial charge in [0.15, 0.2) is 0 Å². The molecule has 10 heteroatoms. The fraction of sp³-hybridized carbons (Fsp3) is 0.222. The molecule has 2 aromatic rings. The molecule has 0 bridgehead atoms. The first kappa shape index (κ1) is 19.8. The van der Waals surface area contributed by atoms with Crippen molar-refractivity contribution in [1.29, 1.82) is 0 Å². The van der Waals surface area contributed by atoms with Gasteiger partial charge in [0.05, 0.1) is 6.04 Å². The van der Waals surface area contributed by atoms with E-state index in [1.165, 1.54) is 12.1 Å². The molecule has 0 saturated carbocycles. The molecular weight excluding hydrogens is 399 g/mol. The summed E-state index contributed by atoms with van der Waals surface area (Å²) in [5, 5.41) is 8.19. The Balaban J connectivity index is 1.86. The van der Waals surface area contributed by atoms with Crippen LogP contribution >= 0.6 is 11.6 Å². The molecule has 0 radical (unpaired) electrons. The van der Waals surface area contributed by atoms with Crippen LogP contribution < -0.4 is 20.7 Å². The maximum absolute atomic E-state index is 12.5. The Morgan fingerprint density at radius 3 is 2.46 bits per heavy atom. The van der Waals surface area contributed by atoms with E-state index >= 15 is 0 Å². The van der Waals surface area contributed by atoms with Gasteiger partial charge in [-0.25, -0.2) is 4.79 Å². The number of amides is 3. The maximum atomic E-state index is 12.5. The molecular formula is C18H15ClF3N3O3. The average Bonchev–Trinajstić information content (AvgIpc) is 3.05. The lowest BCUT2D eigenvalue weighted by molar-refractivity contribution is -0.274. The third-order valence-electron chi connectivity index (χ3n) is 4.00. The summed E-state index contributed by atoms with van der Waals surface area (Å²) in [7, 11) is 0. The molecule has 2 aromatic carbocycles. The Labute approximate surface area is 163 Å². The van der Waals surface area contributed by atoms with Crippen LogP contribution in [-0.2, 0) is 4.79 Å². The summed E-state index contributed by atoms with van der Waals surface area (Å²) in [6.07, 6.45) is -4.80. The number of nitrogens with one attached hydrogen (secondary N) is 3. The summed E-state index contributed by atoms with van der Waals surface area (Å²) in [4.78, 5) is 23.8. The molecule has 3 amide bonds. The zero-order valence-corrected chi connectivity index (χ0v) is 15.0. The Morgan fingerprint density at radius 1 is 1.18 bits per heavy atom. The van der Waals surface area contributed by atoms with Crippen LogP contribution in [-0.4, -0.2) is 30.9 Å². The summed E-state index contributed by atoms with van der Waals surface area (Å²) in [6, 6.07) is 9.95. The lowest BCUT2D eigenvalue weighted by atomic mass is 9.98. The van der Waals surface area contributed by atoms with Gasteiger partial charge >= 0.3 is 12.4 Å². The molecule has 28 heavy (non-hydrogen) atoms. The lowest BCUT2D eigenvalue weighted by Gasteiger charge is -2.22. The zero-order valence-electron chi connectivity index (χ0n) is 14.2. The molecule has 1 heterocycles. The molecule has 1 aliphatic rings. The molecule has 1 saturated heterocycles. The monoisotopic (exact) mass is 413 g/mol. The van der Waals surface area contributed by atoms with Gasteiger partial charge in [0.1, 0.15) is 11.8 Å². The van der Waals surface area contributed by atoms with Gasteiger partial charge in [0.2, 0.25) is 5.91 Å². The molecule has 0 spiro atoms. The van der Waals surface area contributed by atoms with Gasteiger partial charge in [-0.2, -0.15) is 0 Å². The van der Waals surface area contributed by atoms with Crippen LogP contribution in [0.15, 0.2) is 48.5 Å². The first-order chi connectivity index (χ1) is 13.2. The predicted octanol–water partition coefficient (Wildman–Crippen LogP) is 3.13. The highest BCUT2D eigenvalue weighted by molar-refractivity contribution is 6.30. The molecule has 3 rings (SSSR count). The summed E-state index contributed by atoms with van der Waals surface area (Å²) in [5.41, 5.74) is 1.14. The number of carbonyl (C=O) groups excluding carboxylic acids is 2. The Morgan fingerprint density at radius 2 is 1.89 bits per heavy atom. The molecule has 3 N–H and O–H groups in total. The molecule has 1 fully saturated rings. The SMILES string of the molecule is O=C1NC[C@@H](C(=O)N[C@@H](c2ccc(OC(F)(F)F)cc2)c2cccc(Cl)c2)N1. The van der Waals surface area contributed by atoms with Gasteiger partial charge in [-0.15, -0.1) is 13.2 Å². The van der Waals surface area contributed by atoms with Crippen molar-refractivity contribution < 1.29 is 27.5 Å². The molecule has 0 aliphatic carbocycles. The number of benzene rings is 2. The van der Waals surface area contributed by atoms with E-state index in [1.807, 2.05) is 0 Å². The highest BCUT2D eigenvalue weighted by Gasteiger charge is 2.32. The third-order valence-corrected chi connectivity index (χ3v) is 4.24. The molecule has 0 aromatic heterocycles. The first-order valence-corrected chi connectivity index (χ1v) is 8.55. The van der Waals surface area contributed by atoms with Crippen molar-refractivity contribution in [3.63, 3.8) is 0 Å². The number of urea groups is 1. The molecule has 148 valence electrons. The van der Waals surface area contributed by atoms with Crippen molar-refractivity contribution in [2.75, 3.05) is 6.54 Å². The minimum atomic E-state index is -4.80. The number of hydrogen-bond donors (Lipinski definition) is 3. The van der Waals surface area contributed by atoms with E-state index in [2.05, 4.69) is 20.7 Å². The van der Waals surface area contributed by atoms with Crippen molar-refractivity contribution in [3.05, 3.63) is 64.7 Å². The number of hydrogen-bond acceptors (Lipinski definition) is 3. The van der Waals surface area contributed by atoms with E-state index < -0.39 is 30.4 Å². The second kappa shape index (κ2) is 7.97. The van der Waals surface area contributed by atoms with Gasteiger partial charge in [-0.1, -0.05) is 35.9 Å². The van der Waals surface area contributed by atoms with Crippen molar-refractivity contribution in [1.82, 2.24) is 16.0 Å². The van der Waals surface area contributed by atoms with Gasteiger partial charge in [0.25, 0.3) is 0 Å². The lowest BCUT2D eigenvalue weighted by Crippen LogP contribution is -2.44. The standard InChI is InChI=1S/C18H15ClF3N3O3/c19-12-3-1-2-11(8-12)15(25-16(26)14-9-23-17(27)24-14)10-4-6-13(7-5-10)28-18(20,21)22/h1-8,14-15H,9H2,(H,25,26)(H2,23,24,27)/t14-,15-/m0/s1. The largest absolute Gasteiger partial charge is 0.573 e. The van der Waals surface area contributed by atoms with Crippen LogP contribution in [0.3, 0.4) is 0 Å². The van der Waals surface area contributed by atoms with Crippen LogP contribution in [0.2, 0.25) is 5.02 Å². The first-order valence-electron chi connectivity index (χ1n) is 8.17. The van der Waals surface area contributed by atoms with Gasteiger partial charge in [-0.3, -0.25) is 4.79 Å². The summed E-state index contributed by atoms with van der Waals surface area (Å²) >= 11 is 6.03. The zero-order chi connectivity index (χ0) is 20.3. The molecule has 0 unspecified atom stereocenters. The summed E-state index contributed by atoms with van der Waals surface area (Å²) < 4.78 is 40.9. The number of carbonyl (C=O) groups is 2. The van der Waals surface area contributed by atoms with E-state index in [4.69, 9.17) is 11.6 Å². The third kappa shape index (κ3) is 5.07. The maximum Gasteiger partial charge on any atom is 0.573 e. The van der Waals surface area contributed by atoms with Crippen molar-refractivity contribution in [2.24, 2.45) is 0 Å². The minimum Gasteiger partial charge on any atom is -0.406 e. The van der Waals surface area contributed by atoms with E-state index in [-0.39, 0.29) is 12.3 Å². The van der Waals surface area contributed by atoms with E-state index in [0.29, 0.717) is 16.1 Å². The quantitative estimate of drug-likeness (QED) is 0.704. The van der Waals surface area contributed by atoms with Crippen molar-refractivity contribution in [3.8, 4) is 5.75 Å². The van der Waals surface area contributed by atoms with Gasteiger partial charge in [-0.05, 0) is 35.4 Å². The number of rotatable bonds is 5. The molecule has 2 atom stereocenters. The fourth-order valence-corrected chi connectivity index (χ4v) is 2.96. The molecule has 6 nitrogen and oxygen atoms in total. The van der Waals surface area contributed by atoms with E-state index in [0.717, 1.165) is 12.1 Å². The number of alkyl halides is 3. The highest BCUT2D eigenvalue weighted by atomic mass is 35.5. The van der Waals surface area contributed by atoms with E-state index in [1.54, 1.807) is 24.3 Å². The van der Waals surface area contributed by atoms with Crippen LogP contribution in [0.5, 0.6) is 5.75 Å². The van der Waals surface area contributed by atoms with Gasteiger partial charge in [0, 0.05) is 11.6 Å². The number of halogens is 4. The Bertz CT molecular complexity index is 874. The number of ether oxygens (including phenoxy) is 1. The van der Waals surface area contributed by atoms with Crippen molar-refractivity contribution >= 4 is 23.5 Å². The van der Waals surface area contributed by atoms with E-state index in [9.17, 15) is 22.8 Å². The normalized spacial score (nSPS) is 17.4. The Hall–Kier alpha value is -2.94. The Kier molecular flexibility index (Phi) is 5.64. The second-order valence-corrected chi connectivity index (χ2v) is 6.46. The minimum absolute atomic E-state index is 0.130. The van der Waals surface area contributed by atoms with Crippen LogP contribution in [0.4, 0.5) is 18.0 Å². The fourth-order valence-electron chi connectivity index (χ4n) is 2.76. The average molecular weight is 414 g/mol. The summed E-state index contributed by atoms with van der Waals surface area (Å²) in [6.45, 7) is 0.130. The van der Waals surface area contributed by atoms with Crippen LogP contribution in [0.25, 0.3) is 0 Å². The van der Waals surface area contributed by atoms with Crippen LogP contribution in [0.1, 0.15) is 17.2 Å². The topological polar surface area (TPSA) is 79.5 Å². The highest BCUT2D eigenvalue weighted by Crippen LogP contribution is 2.28.